The van der Waals surface area contributed by atoms with E-state index < -0.39 is 0 Å². The summed E-state index contributed by atoms with van der Waals surface area (Å²) in [5.41, 5.74) is 0. The van der Waals surface area contributed by atoms with Crippen LogP contribution >= 0.6 is 0 Å². The first-order chi connectivity index (χ1) is 8.04. The van der Waals surface area contributed by atoms with Crippen LogP contribution in [0.2, 0.25) is 0 Å². The highest BCUT2D eigenvalue weighted by Crippen LogP contribution is 2.14. The summed E-state index contributed by atoms with van der Waals surface area (Å²) in [6, 6.07) is 0.284. The number of carbonyl (C=O) groups is 1. The zero-order valence-electron chi connectivity index (χ0n) is 11.7. The Hall–Kier alpha value is -0.610. The predicted octanol–water partition coefficient (Wildman–Crippen LogP) is 0.785. The Kier molecular flexibility index (Phi) is 5.92. The van der Waals surface area contributed by atoms with Gasteiger partial charge in [0.15, 0.2) is 0 Å². The van der Waals surface area contributed by atoms with Gasteiger partial charge in [-0.15, -0.1) is 0 Å². The third kappa shape index (κ3) is 4.64. The molecule has 1 N–H and O–H groups in total. The molecule has 1 fully saturated rings. The minimum atomic E-state index is 0.186. The van der Waals surface area contributed by atoms with Crippen molar-refractivity contribution in [2.75, 3.05) is 39.8 Å². The van der Waals surface area contributed by atoms with E-state index in [9.17, 15) is 4.79 Å². The molecule has 0 radical (unpaired) electrons. The van der Waals surface area contributed by atoms with Crippen LogP contribution in [0.4, 0.5) is 0 Å². The molecule has 4 nitrogen and oxygen atoms in total. The van der Waals surface area contributed by atoms with E-state index >= 15 is 0 Å². The maximum Gasteiger partial charge on any atom is 0.236 e. The number of nitrogens with zero attached hydrogens (tertiary/aromatic N) is 2. The molecule has 17 heavy (non-hydrogen) atoms. The zero-order valence-corrected chi connectivity index (χ0v) is 11.7. The molecule has 1 saturated heterocycles. The van der Waals surface area contributed by atoms with Gasteiger partial charge in [-0.25, -0.2) is 0 Å². The molecule has 0 bridgehead atoms. The summed E-state index contributed by atoms with van der Waals surface area (Å²) in [5.74, 6) is 0.900. The average molecular weight is 241 g/mol. The zero-order chi connectivity index (χ0) is 12.8. The topological polar surface area (TPSA) is 35.6 Å². The van der Waals surface area contributed by atoms with E-state index in [1.807, 2.05) is 20.9 Å². The highest BCUT2D eigenvalue weighted by molar-refractivity contribution is 5.78. The number of amides is 1. The molecule has 0 aliphatic carbocycles. The lowest BCUT2D eigenvalue weighted by atomic mass is 10.1. The second kappa shape index (κ2) is 6.97. The molecule has 100 valence electrons. The maximum atomic E-state index is 11.7. The molecule has 0 aromatic carbocycles. The molecule has 1 unspecified atom stereocenters. The first-order valence-corrected chi connectivity index (χ1v) is 6.73. The van der Waals surface area contributed by atoms with Crippen molar-refractivity contribution in [2.24, 2.45) is 5.92 Å². The van der Waals surface area contributed by atoms with Crippen LogP contribution < -0.4 is 5.32 Å². The molecule has 1 atom stereocenters. The summed E-state index contributed by atoms with van der Waals surface area (Å²) < 4.78 is 0. The van der Waals surface area contributed by atoms with Crippen molar-refractivity contribution in [3.05, 3.63) is 0 Å². The third-order valence-corrected chi connectivity index (χ3v) is 3.69. The van der Waals surface area contributed by atoms with E-state index in [4.69, 9.17) is 0 Å². The van der Waals surface area contributed by atoms with Crippen molar-refractivity contribution in [3.8, 4) is 0 Å². The van der Waals surface area contributed by atoms with E-state index in [1.165, 1.54) is 19.5 Å². The summed E-state index contributed by atoms with van der Waals surface area (Å²) in [6.45, 7) is 11.2. The fourth-order valence-electron chi connectivity index (χ4n) is 2.16. The minimum absolute atomic E-state index is 0.186. The summed E-state index contributed by atoms with van der Waals surface area (Å²) in [4.78, 5) is 16.0. The smallest absolute Gasteiger partial charge is 0.236 e. The summed E-state index contributed by atoms with van der Waals surface area (Å²) >= 11 is 0. The SMILES string of the molecule is CCN1CCC(CNCC(=O)N(C)C(C)C)C1. The number of carbonyl (C=O) groups excluding carboxylic acids is 1. The van der Waals surface area contributed by atoms with Crippen LogP contribution in [0.1, 0.15) is 27.2 Å². The van der Waals surface area contributed by atoms with Gasteiger partial charge in [0.05, 0.1) is 6.54 Å². The Labute approximate surface area is 105 Å². The van der Waals surface area contributed by atoms with Gasteiger partial charge < -0.3 is 15.1 Å². The van der Waals surface area contributed by atoms with Crippen LogP contribution in [0.3, 0.4) is 0 Å². The molecule has 1 rings (SSSR count). The van der Waals surface area contributed by atoms with E-state index in [-0.39, 0.29) is 11.9 Å². The van der Waals surface area contributed by atoms with Crippen molar-refractivity contribution in [1.82, 2.24) is 15.1 Å². The Morgan fingerprint density at radius 2 is 2.24 bits per heavy atom. The van der Waals surface area contributed by atoms with Gasteiger partial charge in [-0.3, -0.25) is 4.79 Å². The second-order valence-electron chi connectivity index (χ2n) is 5.28. The largest absolute Gasteiger partial charge is 0.342 e. The summed E-state index contributed by atoms with van der Waals surface area (Å²) in [6.07, 6.45) is 1.26. The van der Waals surface area contributed by atoms with Crippen molar-refractivity contribution in [3.63, 3.8) is 0 Å². The highest BCUT2D eigenvalue weighted by Gasteiger charge is 2.21. The first kappa shape index (κ1) is 14.5. The quantitative estimate of drug-likeness (QED) is 0.746. The van der Waals surface area contributed by atoms with Crippen LogP contribution in [0.5, 0.6) is 0 Å². The summed E-state index contributed by atoms with van der Waals surface area (Å²) in [5, 5.41) is 3.29. The van der Waals surface area contributed by atoms with Gasteiger partial charge in [0.1, 0.15) is 0 Å². The molecule has 4 heteroatoms. The van der Waals surface area contributed by atoms with Crippen molar-refractivity contribution < 1.29 is 4.79 Å². The lowest BCUT2D eigenvalue weighted by Gasteiger charge is -2.22. The van der Waals surface area contributed by atoms with Crippen molar-refractivity contribution in [2.45, 2.75) is 33.2 Å². The normalized spacial score (nSPS) is 21.1. The molecule has 0 aromatic rings. The van der Waals surface area contributed by atoms with E-state index in [1.54, 1.807) is 4.90 Å². The second-order valence-corrected chi connectivity index (χ2v) is 5.28. The number of hydrogen-bond donors (Lipinski definition) is 1. The van der Waals surface area contributed by atoms with Gasteiger partial charge in [0.2, 0.25) is 5.91 Å². The monoisotopic (exact) mass is 241 g/mol. The third-order valence-electron chi connectivity index (χ3n) is 3.69. The van der Waals surface area contributed by atoms with Crippen LogP contribution in [0.15, 0.2) is 0 Å². The van der Waals surface area contributed by atoms with Gasteiger partial charge in [-0.2, -0.15) is 0 Å². The number of likely N-dealkylation sites (N-methyl/N-ethyl adjacent to an activating group) is 1. The maximum absolute atomic E-state index is 11.7. The molecule has 1 heterocycles. The Morgan fingerprint density at radius 3 is 2.76 bits per heavy atom. The van der Waals surface area contributed by atoms with Crippen LogP contribution in [0, 0.1) is 5.92 Å². The van der Waals surface area contributed by atoms with E-state index in [0.29, 0.717) is 12.5 Å². The molecule has 1 amide bonds. The lowest BCUT2D eigenvalue weighted by Crippen LogP contribution is -2.40. The van der Waals surface area contributed by atoms with E-state index in [2.05, 4.69) is 17.1 Å². The van der Waals surface area contributed by atoms with Gasteiger partial charge in [-0.1, -0.05) is 6.92 Å². The van der Waals surface area contributed by atoms with Crippen molar-refractivity contribution in [1.29, 1.82) is 0 Å². The number of rotatable bonds is 6. The van der Waals surface area contributed by atoms with Crippen LogP contribution in [-0.4, -0.2) is 61.5 Å². The van der Waals surface area contributed by atoms with E-state index in [0.717, 1.165) is 13.1 Å². The van der Waals surface area contributed by atoms with Gasteiger partial charge in [0.25, 0.3) is 0 Å². The molecule has 0 aromatic heterocycles. The molecular weight excluding hydrogens is 214 g/mol. The Bertz CT molecular complexity index is 243. The highest BCUT2D eigenvalue weighted by atomic mass is 16.2. The van der Waals surface area contributed by atoms with Gasteiger partial charge in [0, 0.05) is 19.6 Å². The number of nitrogens with one attached hydrogen (secondary N) is 1. The number of hydrogen-bond acceptors (Lipinski definition) is 3. The van der Waals surface area contributed by atoms with Crippen molar-refractivity contribution >= 4 is 5.91 Å². The molecule has 1 aliphatic rings. The molecule has 0 saturated carbocycles. The fraction of sp³-hybridized carbons (Fsp3) is 0.923. The molecule has 0 spiro atoms. The van der Waals surface area contributed by atoms with Gasteiger partial charge >= 0.3 is 0 Å². The number of likely N-dealkylation sites (tertiary alicyclic amines) is 1. The first-order valence-electron chi connectivity index (χ1n) is 6.73. The fourth-order valence-corrected chi connectivity index (χ4v) is 2.16. The van der Waals surface area contributed by atoms with Crippen LogP contribution in [0.25, 0.3) is 0 Å². The average Bonchev–Trinajstić information content (AvgIpc) is 2.75. The minimum Gasteiger partial charge on any atom is -0.342 e. The predicted molar refractivity (Wildman–Crippen MR) is 71.0 cm³/mol. The molecule has 1 aliphatic heterocycles. The van der Waals surface area contributed by atoms with Gasteiger partial charge in [-0.05, 0) is 45.8 Å². The lowest BCUT2D eigenvalue weighted by molar-refractivity contribution is -0.130. The summed E-state index contributed by atoms with van der Waals surface area (Å²) in [7, 11) is 1.86. The molecular formula is C13H27N3O. The van der Waals surface area contributed by atoms with Crippen LogP contribution in [-0.2, 0) is 4.79 Å². The Balaban J connectivity index is 2.14. The Morgan fingerprint density at radius 1 is 1.53 bits per heavy atom. The standard InChI is InChI=1S/C13H27N3O/c1-5-16-7-6-12(10-16)8-14-9-13(17)15(4)11(2)3/h11-12,14H,5-10H2,1-4H3.